The van der Waals surface area contributed by atoms with Crippen LogP contribution in [-0.4, -0.2) is 49.4 Å². The Labute approximate surface area is 221 Å². The summed E-state index contributed by atoms with van der Waals surface area (Å²) in [6.07, 6.45) is 4.60. The summed E-state index contributed by atoms with van der Waals surface area (Å²) in [5, 5.41) is 0. The number of ketones is 1. The van der Waals surface area contributed by atoms with E-state index in [0.29, 0.717) is 19.0 Å². The highest BCUT2D eigenvalue weighted by Gasteiger charge is 2.18. The number of halogens is 2. The molecule has 0 radical (unpaired) electrons. The number of aryl methyl sites for hydroxylation is 2. The minimum absolute atomic E-state index is 0.246. The topological polar surface area (TPSA) is 81.9 Å². The van der Waals surface area contributed by atoms with Gasteiger partial charge in [0.25, 0.3) is 5.91 Å². The van der Waals surface area contributed by atoms with Crippen LogP contribution < -0.4 is 15.2 Å². The highest BCUT2D eigenvalue weighted by atomic mass is 19.1. The first kappa shape index (κ1) is 27.3. The van der Waals surface area contributed by atoms with Gasteiger partial charge in [0.1, 0.15) is 19.0 Å². The van der Waals surface area contributed by atoms with Crippen molar-refractivity contribution >= 4 is 11.7 Å². The van der Waals surface area contributed by atoms with E-state index < -0.39 is 11.7 Å². The maximum atomic E-state index is 13.8. The number of ether oxygens (including phenoxy) is 2. The predicted molar refractivity (Wildman–Crippen MR) is 141 cm³/mol. The molecule has 0 aromatic heterocycles. The lowest BCUT2D eigenvalue weighted by Gasteiger charge is -2.20. The van der Waals surface area contributed by atoms with Crippen molar-refractivity contribution in [1.29, 1.82) is 0 Å². The van der Waals surface area contributed by atoms with E-state index in [4.69, 9.17) is 15.2 Å². The first-order valence-corrected chi connectivity index (χ1v) is 12.8. The van der Waals surface area contributed by atoms with Crippen LogP contribution in [0.2, 0.25) is 0 Å². The minimum atomic E-state index is -0.981. The lowest BCUT2D eigenvalue weighted by Crippen LogP contribution is -2.22. The van der Waals surface area contributed by atoms with Crippen molar-refractivity contribution < 1.29 is 27.8 Å². The molecule has 2 heterocycles. The molecule has 8 heteroatoms. The molecule has 0 saturated carbocycles. The van der Waals surface area contributed by atoms with Gasteiger partial charge in [-0.3, -0.25) is 9.59 Å². The number of nitrogens with two attached hydrogens (primary N) is 1. The van der Waals surface area contributed by atoms with E-state index in [1.807, 2.05) is 6.07 Å². The fourth-order valence-corrected chi connectivity index (χ4v) is 4.72. The maximum absolute atomic E-state index is 13.8. The Morgan fingerprint density at radius 3 is 2.34 bits per heavy atom. The summed E-state index contributed by atoms with van der Waals surface area (Å²) < 4.78 is 37.6. The Morgan fingerprint density at radius 2 is 1.66 bits per heavy atom. The molecule has 2 N–H and O–H groups in total. The number of likely N-dealkylation sites (tertiary alicyclic amines) is 1. The number of hydrogen-bond donors (Lipinski definition) is 1. The van der Waals surface area contributed by atoms with Crippen LogP contribution >= 0.6 is 0 Å². The van der Waals surface area contributed by atoms with Crippen molar-refractivity contribution in [2.75, 3.05) is 32.8 Å². The molecule has 3 aromatic rings. The van der Waals surface area contributed by atoms with E-state index in [1.165, 1.54) is 50.2 Å². The van der Waals surface area contributed by atoms with Crippen molar-refractivity contribution in [2.45, 2.75) is 32.6 Å². The summed E-state index contributed by atoms with van der Waals surface area (Å²) in [7, 11) is 0. The number of rotatable bonds is 7. The third-order valence-corrected chi connectivity index (χ3v) is 6.67. The standard InChI is InChI=1S/C15H20FNO2.C15H12FNO2/c16-13-10-12(4-3-7-17-5-1-2-6-17)11-14-15(13)19-9-8-18-14;1-9-8-12(16)6-7-13(9)10-2-4-11(5-3-10)14(18)15(17)19/h10-11H,1-9H2;2-8H,1H3,(H2,17,19). The molecule has 0 unspecified atom stereocenters. The van der Waals surface area contributed by atoms with Crippen molar-refractivity contribution in [3.63, 3.8) is 0 Å². The molecule has 0 atom stereocenters. The van der Waals surface area contributed by atoms with Crippen LogP contribution in [-0.2, 0) is 11.2 Å². The zero-order valence-corrected chi connectivity index (χ0v) is 21.5. The normalized spacial score (nSPS) is 14.5. The van der Waals surface area contributed by atoms with Gasteiger partial charge in [0, 0.05) is 5.56 Å². The fraction of sp³-hybridized carbons (Fsp3) is 0.333. The predicted octanol–water partition coefficient (Wildman–Crippen LogP) is 5.09. The van der Waals surface area contributed by atoms with Gasteiger partial charge in [-0.2, -0.15) is 0 Å². The summed E-state index contributed by atoms with van der Waals surface area (Å²) >= 11 is 0. The van der Waals surface area contributed by atoms with Crippen molar-refractivity contribution in [1.82, 2.24) is 4.90 Å². The molecule has 2 aliphatic rings. The third-order valence-electron chi connectivity index (χ3n) is 6.67. The lowest BCUT2D eigenvalue weighted by molar-refractivity contribution is -0.114. The molecule has 200 valence electrons. The molecule has 38 heavy (non-hydrogen) atoms. The van der Waals surface area contributed by atoms with Crippen LogP contribution in [0.3, 0.4) is 0 Å². The van der Waals surface area contributed by atoms with Gasteiger partial charge in [0.15, 0.2) is 17.3 Å². The smallest absolute Gasteiger partial charge is 0.289 e. The molecule has 0 bridgehead atoms. The molecule has 6 nitrogen and oxygen atoms in total. The molecular weight excluding hydrogens is 490 g/mol. The summed E-state index contributed by atoms with van der Waals surface area (Å²) in [5.41, 5.74) is 8.70. The zero-order chi connectivity index (χ0) is 27.1. The Morgan fingerprint density at radius 1 is 0.947 bits per heavy atom. The second kappa shape index (κ2) is 12.6. The maximum Gasteiger partial charge on any atom is 0.289 e. The molecule has 0 aliphatic carbocycles. The quantitative estimate of drug-likeness (QED) is 0.345. The third kappa shape index (κ3) is 6.95. The van der Waals surface area contributed by atoms with Crippen LogP contribution in [0.25, 0.3) is 11.1 Å². The second-order valence-electron chi connectivity index (χ2n) is 9.48. The molecule has 3 aromatic carbocycles. The molecule has 1 amide bonds. The van der Waals surface area contributed by atoms with Gasteiger partial charge in [-0.15, -0.1) is 0 Å². The number of primary amides is 1. The van der Waals surface area contributed by atoms with E-state index in [-0.39, 0.29) is 22.9 Å². The Balaban J connectivity index is 0.000000177. The van der Waals surface area contributed by atoms with Gasteiger partial charge in [0.05, 0.1) is 0 Å². The second-order valence-corrected chi connectivity index (χ2v) is 9.48. The van der Waals surface area contributed by atoms with Crippen LogP contribution in [0.5, 0.6) is 11.5 Å². The van der Waals surface area contributed by atoms with Gasteiger partial charge in [-0.25, -0.2) is 8.78 Å². The molecule has 2 aliphatic heterocycles. The van der Waals surface area contributed by atoms with Gasteiger partial charge in [-0.05, 0) is 98.8 Å². The molecule has 0 spiro atoms. The van der Waals surface area contributed by atoms with E-state index in [1.54, 1.807) is 31.2 Å². The molecule has 5 rings (SSSR count). The number of amides is 1. The Kier molecular flexibility index (Phi) is 9.07. The number of fused-ring (bicyclic) bond motifs is 1. The van der Waals surface area contributed by atoms with E-state index in [0.717, 1.165) is 41.6 Å². The van der Waals surface area contributed by atoms with Gasteiger partial charge >= 0.3 is 0 Å². The van der Waals surface area contributed by atoms with E-state index >= 15 is 0 Å². The van der Waals surface area contributed by atoms with Crippen molar-refractivity contribution in [3.05, 3.63) is 82.9 Å². The fourth-order valence-electron chi connectivity index (χ4n) is 4.72. The zero-order valence-electron chi connectivity index (χ0n) is 21.5. The number of nitrogens with zero attached hydrogens (tertiary/aromatic N) is 1. The van der Waals surface area contributed by atoms with Crippen molar-refractivity contribution in [3.8, 4) is 22.6 Å². The number of Topliss-reactive ketones (excluding diaryl/α,β-unsaturated/α-hetero) is 1. The van der Waals surface area contributed by atoms with E-state index in [2.05, 4.69) is 4.90 Å². The van der Waals surface area contributed by atoms with Crippen LogP contribution in [0, 0.1) is 18.6 Å². The van der Waals surface area contributed by atoms with Crippen LogP contribution in [0.15, 0.2) is 54.6 Å². The first-order valence-electron chi connectivity index (χ1n) is 12.8. The highest BCUT2D eigenvalue weighted by molar-refractivity contribution is 6.42. The van der Waals surface area contributed by atoms with Crippen LogP contribution in [0.4, 0.5) is 8.78 Å². The number of benzene rings is 3. The first-order chi connectivity index (χ1) is 18.3. The molecular formula is C30H32F2N2O4. The Hall–Kier alpha value is -3.78. The van der Waals surface area contributed by atoms with Gasteiger partial charge in [-0.1, -0.05) is 30.3 Å². The van der Waals surface area contributed by atoms with E-state index in [9.17, 15) is 18.4 Å². The summed E-state index contributed by atoms with van der Waals surface area (Å²) in [5.74, 6) is -1.46. The summed E-state index contributed by atoms with van der Waals surface area (Å²) in [6, 6.07) is 14.5. The molecule has 1 fully saturated rings. The average molecular weight is 523 g/mol. The number of hydrogen-bond acceptors (Lipinski definition) is 5. The highest BCUT2D eigenvalue weighted by Crippen LogP contribution is 2.34. The number of carbonyl (C=O) groups excluding carboxylic acids is 2. The largest absolute Gasteiger partial charge is 0.486 e. The van der Waals surface area contributed by atoms with Crippen molar-refractivity contribution in [2.24, 2.45) is 5.73 Å². The SMILES string of the molecule is Cc1cc(F)ccc1-c1ccc(C(=O)C(N)=O)cc1.Fc1cc(CCCN2CCCC2)cc2c1OCCO2. The van der Waals surface area contributed by atoms with Gasteiger partial charge in [0.2, 0.25) is 5.78 Å². The number of carbonyl (C=O) groups is 2. The summed E-state index contributed by atoms with van der Waals surface area (Å²) in [4.78, 5) is 24.6. The lowest BCUT2D eigenvalue weighted by atomic mass is 9.98. The summed E-state index contributed by atoms with van der Waals surface area (Å²) in [6.45, 7) is 6.28. The van der Waals surface area contributed by atoms with Gasteiger partial charge < -0.3 is 20.1 Å². The average Bonchev–Trinajstić information content (AvgIpc) is 3.42. The minimum Gasteiger partial charge on any atom is -0.486 e. The Bertz CT molecular complexity index is 1290. The monoisotopic (exact) mass is 522 g/mol. The van der Waals surface area contributed by atoms with Crippen LogP contribution in [0.1, 0.15) is 40.7 Å². The molecule has 1 saturated heterocycles.